The SMILES string of the molecule is O=C(Nc1ccc2ncsc2c1)c1ccc(Br)c(Cl)c1. The number of hydrogen-bond donors (Lipinski definition) is 1. The monoisotopic (exact) mass is 366 g/mol. The molecular formula is C14H8BrClN2OS. The lowest BCUT2D eigenvalue weighted by molar-refractivity contribution is 0.102. The van der Waals surface area contributed by atoms with Gasteiger partial charge in [0.1, 0.15) is 0 Å². The van der Waals surface area contributed by atoms with E-state index in [9.17, 15) is 4.79 Å². The van der Waals surface area contributed by atoms with Crippen LogP contribution in [-0.2, 0) is 0 Å². The summed E-state index contributed by atoms with van der Waals surface area (Å²) in [5, 5.41) is 3.36. The predicted molar refractivity (Wildman–Crippen MR) is 86.7 cm³/mol. The first-order valence-electron chi connectivity index (χ1n) is 5.73. The number of amides is 1. The molecule has 0 aliphatic rings. The standard InChI is InChI=1S/C14H8BrClN2OS/c15-10-3-1-8(5-11(10)16)14(19)18-9-2-4-12-13(6-9)20-7-17-12/h1-7H,(H,18,19). The molecule has 6 heteroatoms. The highest BCUT2D eigenvalue weighted by atomic mass is 79.9. The summed E-state index contributed by atoms with van der Waals surface area (Å²) in [5.41, 5.74) is 3.97. The summed E-state index contributed by atoms with van der Waals surface area (Å²) < 4.78 is 1.80. The van der Waals surface area contributed by atoms with Crippen molar-refractivity contribution in [2.24, 2.45) is 0 Å². The lowest BCUT2D eigenvalue weighted by atomic mass is 10.2. The first kappa shape index (κ1) is 13.5. The van der Waals surface area contributed by atoms with Gasteiger partial charge in [-0.05, 0) is 52.3 Å². The van der Waals surface area contributed by atoms with Crippen molar-refractivity contribution in [2.75, 3.05) is 5.32 Å². The maximum absolute atomic E-state index is 12.2. The topological polar surface area (TPSA) is 42.0 Å². The fraction of sp³-hybridized carbons (Fsp3) is 0. The van der Waals surface area contributed by atoms with Crippen molar-refractivity contribution in [3.63, 3.8) is 0 Å². The third-order valence-electron chi connectivity index (χ3n) is 2.77. The average molecular weight is 368 g/mol. The number of nitrogens with zero attached hydrogens (tertiary/aromatic N) is 1. The van der Waals surface area contributed by atoms with Gasteiger partial charge >= 0.3 is 0 Å². The second kappa shape index (κ2) is 5.52. The average Bonchev–Trinajstić information content (AvgIpc) is 2.89. The third-order valence-corrected chi connectivity index (χ3v) is 4.80. The van der Waals surface area contributed by atoms with Crippen LogP contribution in [0.3, 0.4) is 0 Å². The number of fused-ring (bicyclic) bond motifs is 1. The van der Waals surface area contributed by atoms with Gasteiger partial charge in [0.15, 0.2) is 0 Å². The Balaban J connectivity index is 1.85. The van der Waals surface area contributed by atoms with Crippen LogP contribution in [0.2, 0.25) is 5.02 Å². The minimum Gasteiger partial charge on any atom is -0.322 e. The van der Waals surface area contributed by atoms with Crippen molar-refractivity contribution in [2.45, 2.75) is 0 Å². The molecule has 0 saturated heterocycles. The molecule has 2 aromatic carbocycles. The first-order chi connectivity index (χ1) is 9.63. The Labute approximate surface area is 132 Å². The normalized spacial score (nSPS) is 10.7. The van der Waals surface area contributed by atoms with Crippen LogP contribution < -0.4 is 5.32 Å². The van der Waals surface area contributed by atoms with E-state index in [2.05, 4.69) is 26.2 Å². The number of hydrogen-bond acceptors (Lipinski definition) is 3. The number of anilines is 1. The molecule has 20 heavy (non-hydrogen) atoms. The van der Waals surface area contributed by atoms with Crippen LogP contribution in [0.25, 0.3) is 10.2 Å². The van der Waals surface area contributed by atoms with Gasteiger partial charge in [-0.3, -0.25) is 4.79 Å². The Morgan fingerprint density at radius 3 is 2.90 bits per heavy atom. The smallest absolute Gasteiger partial charge is 0.255 e. The third kappa shape index (κ3) is 2.70. The van der Waals surface area contributed by atoms with E-state index in [1.54, 1.807) is 23.7 Å². The van der Waals surface area contributed by atoms with Crippen molar-refractivity contribution in [3.8, 4) is 0 Å². The minimum absolute atomic E-state index is 0.191. The van der Waals surface area contributed by atoms with Crippen LogP contribution in [0, 0.1) is 0 Å². The Hall–Kier alpha value is -1.43. The molecule has 0 spiro atoms. The molecule has 0 radical (unpaired) electrons. The van der Waals surface area contributed by atoms with Gasteiger partial charge in [0.25, 0.3) is 5.91 Å². The summed E-state index contributed by atoms with van der Waals surface area (Å²) >= 11 is 10.8. The Morgan fingerprint density at radius 1 is 1.25 bits per heavy atom. The van der Waals surface area contributed by atoms with Crippen LogP contribution in [0.4, 0.5) is 5.69 Å². The number of carbonyl (C=O) groups excluding carboxylic acids is 1. The van der Waals surface area contributed by atoms with Gasteiger partial charge in [0.05, 0.1) is 20.7 Å². The zero-order valence-corrected chi connectivity index (χ0v) is 13.2. The molecule has 0 fully saturated rings. The molecule has 1 aromatic heterocycles. The maximum Gasteiger partial charge on any atom is 0.255 e. The van der Waals surface area contributed by atoms with Crippen molar-refractivity contribution in [3.05, 3.63) is 57.0 Å². The van der Waals surface area contributed by atoms with E-state index in [0.29, 0.717) is 10.6 Å². The number of rotatable bonds is 2. The molecule has 0 atom stereocenters. The summed E-state index contributed by atoms with van der Waals surface area (Å²) in [6.07, 6.45) is 0. The predicted octanol–water partition coefficient (Wildman–Crippen LogP) is 4.96. The lowest BCUT2D eigenvalue weighted by Crippen LogP contribution is -2.11. The molecule has 1 N–H and O–H groups in total. The fourth-order valence-electron chi connectivity index (χ4n) is 1.77. The Bertz CT molecular complexity index is 803. The largest absolute Gasteiger partial charge is 0.322 e. The Kier molecular flexibility index (Phi) is 3.74. The van der Waals surface area contributed by atoms with Crippen LogP contribution in [0.1, 0.15) is 10.4 Å². The summed E-state index contributed by atoms with van der Waals surface area (Å²) in [6.45, 7) is 0. The summed E-state index contributed by atoms with van der Waals surface area (Å²) in [7, 11) is 0. The molecule has 0 unspecified atom stereocenters. The molecule has 0 aliphatic carbocycles. The summed E-state index contributed by atoms with van der Waals surface area (Å²) in [4.78, 5) is 16.4. The molecule has 100 valence electrons. The molecular weight excluding hydrogens is 360 g/mol. The second-order valence-corrected chi connectivity index (χ2v) is 6.27. The molecule has 3 aromatic rings. The minimum atomic E-state index is -0.191. The Morgan fingerprint density at radius 2 is 2.10 bits per heavy atom. The van der Waals surface area contributed by atoms with Gasteiger partial charge in [-0.15, -0.1) is 11.3 Å². The number of nitrogens with one attached hydrogen (secondary N) is 1. The van der Waals surface area contributed by atoms with Gasteiger partial charge in [0, 0.05) is 15.7 Å². The highest BCUT2D eigenvalue weighted by Crippen LogP contribution is 2.25. The van der Waals surface area contributed by atoms with Crippen LogP contribution in [0.15, 0.2) is 46.4 Å². The van der Waals surface area contributed by atoms with Crippen molar-refractivity contribution in [1.82, 2.24) is 4.98 Å². The molecule has 3 nitrogen and oxygen atoms in total. The number of benzene rings is 2. The van der Waals surface area contributed by atoms with Gasteiger partial charge in [-0.2, -0.15) is 0 Å². The van der Waals surface area contributed by atoms with Gasteiger partial charge < -0.3 is 5.32 Å². The number of aromatic nitrogens is 1. The molecule has 1 amide bonds. The summed E-state index contributed by atoms with van der Waals surface area (Å²) in [5.74, 6) is -0.191. The molecule has 0 saturated carbocycles. The van der Waals surface area contributed by atoms with Crippen LogP contribution in [0.5, 0.6) is 0 Å². The highest BCUT2D eigenvalue weighted by molar-refractivity contribution is 9.10. The van der Waals surface area contributed by atoms with Gasteiger partial charge in [0.2, 0.25) is 0 Å². The molecule has 0 bridgehead atoms. The van der Waals surface area contributed by atoms with E-state index in [0.717, 1.165) is 20.4 Å². The number of halogens is 2. The molecule has 1 heterocycles. The first-order valence-corrected chi connectivity index (χ1v) is 7.78. The number of carbonyl (C=O) groups is 1. The van der Waals surface area contributed by atoms with Gasteiger partial charge in [-0.1, -0.05) is 11.6 Å². The van der Waals surface area contributed by atoms with Crippen molar-refractivity contribution < 1.29 is 4.79 Å². The van der Waals surface area contributed by atoms with E-state index in [4.69, 9.17) is 11.6 Å². The zero-order valence-electron chi connectivity index (χ0n) is 10.1. The van der Waals surface area contributed by atoms with E-state index in [1.807, 2.05) is 18.2 Å². The maximum atomic E-state index is 12.2. The van der Waals surface area contributed by atoms with E-state index < -0.39 is 0 Å². The van der Waals surface area contributed by atoms with Gasteiger partial charge in [-0.25, -0.2) is 4.98 Å². The lowest BCUT2D eigenvalue weighted by Gasteiger charge is -2.06. The van der Waals surface area contributed by atoms with Crippen molar-refractivity contribution >= 4 is 60.7 Å². The van der Waals surface area contributed by atoms with E-state index in [-0.39, 0.29) is 5.91 Å². The quantitative estimate of drug-likeness (QED) is 0.695. The van der Waals surface area contributed by atoms with Crippen molar-refractivity contribution in [1.29, 1.82) is 0 Å². The summed E-state index contributed by atoms with van der Waals surface area (Å²) in [6, 6.07) is 10.7. The fourth-order valence-corrected chi connectivity index (χ4v) is 2.92. The van der Waals surface area contributed by atoms with Crippen LogP contribution in [-0.4, -0.2) is 10.9 Å². The van der Waals surface area contributed by atoms with E-state index in [1.165, 1.54) is 11.3 Å². The second-order valence-electron chi connectivity index (χ2n) is 4.12. The zero-order chi connectivity index (χ0) is 14.1. The molecule has 3 rings (SSSR count). The van der Waals surface area contributed by atoms with Crippen LogP contribution >= 0.6 is 38.9 Å². The highest BCUT2D eigenvalue weighted by Gasteiger charge is 2.09. The molecule has 0 aliphatic heterocycles. The van der Waals surface area contributed by atoms with E-state index >= 15 is 0 Å². The number of thiazole rings is 1.